The number of anilines is 1. The third-order valence-electron chi connectivity index (χ3n) is 5.66. The summed E-state index contributed by atoms with van der Waals surface area (Å²) in [5.41, 5.74) is 3.08. The summed E-state index contributed by atoms with van der Waals surface area (Å²) in [5.74, 6) is 0.0129. The first kappa shape index (κ1) is 18.0. The molecule has 0 spiro atoms. The normalized spacial score (nSPS) is 18.6. The van der Waals surface area contributed by atoms with Crippen LogP contribution in [0.15, 0.2) is 48.8 Å². The second-order valence-corrected chi connectivity index (χ2v) is 7.64. The first-order valence-corrected chi connectivity index (χ1v) is 10.0. The highest BCUT2D eigenvalue weighted by Crippen LogP contribution is 2.20. The summed E-state index contributed by atoms with van der Waals surface area (Å²) in [6.07, 6.45) is 8.19. The second-order valence-electron chi connectivity index (χ2n) is 7.64. The van der Waals surface area contributed by atoms with Crippen LogP contribution in [0.2, 0.25) is 0 Å². The average molecular weight is 364 g/mol. The van der Waals surface area contributed by atoms with Gasteiger partial charge < -0.3 is 10.2 Å². The van der Waals surface area contributed by atoms with Crippen LogP contribution in [0.25, 0.3) is 0 Å². The summed E-state index contributed by atoms with van der Waals surface area (Å²) in [6, 6.07) is 12.9. The molecule has 1 aliphatic heterocycles. The van der Waals surface area contributed by atoms with Crippen LogP contribution < -0.4 is 10.2 Å². The van der Waals surface area contributed by atoms with Gasteiger partial charge in [0.25, 0.3) is 5.91 Å². The molecule has 1 saturated heterocycles. The fourth-order valence-corrected chi connectivity index (χ4v) is 4.07. The van der Waals surface area contributed by atoms with Gasteiger partial charge in [-0.3, -0.25) is 14.7 Å². The van der Waals surface area contributed by atoms with Gasteiger partial charge in [-0.2, -0.15) is 0 Å². The molecule has 142 valence electrons. The van der Waals surface area contributed by atoms with Crippen molar-refractivity contribution in [3.63, 3.8) is 0 Å². The molecule has 1 aromatic carbocycles. The number of pyridine rings is 1. The molecule has 5 nitrogen and oxygen atoms in total. The maximum atomic E-state index is 12.5. The van der Waals surface area contributed by atoms with Gasteiger partial charge in [-0.1, -0.05) is 43.2 Å². The molecule has 1 amide bonds. The lowest BCUT2D eigenvalue weighted by atomic mass is 10.1. The molecule has 4 rings (SSSR count). The molecule has 0 radical (unpaired) electrons. The Morgan fingerprint density at radius 1 is 1.04 bits per heavy atom. The van der Waals surface area contributed by atoms with Crippen LogP contribution in [0.5, 0.6) is 0 Å². The zero-order chi connectivity index (χ0) is 18.5. The van der Waals surface area contributed by atoms with E-state index in [1.54, 1.807) is 6.20 Å². The minimum absolute atomic E-state index is 0.0129. The minimum Gasteiger partial charge on any atom is -0.368 e. The summed E-state index contributed by atoms with van der Waals surface area (Å²) in [7, 11) is 0. The molecule has 1 aliphatic carbocycles. The summed E-state index contributed by atoms with van der Waals surface area (Å²) in [5, 5.41) is 3.15. The quantitative estimate of drug-likeness (QED) is 0.886. The van der Waals surface area contributed by atoms with E-state index in [2.05, 4.69) is 50.4 Å². The minimum atomic E-state index is 0.0129. The van der Waals surface area contributed by atoms with E-state index in [-0.39, 0.29) is 5.91 Å². The third kappa shape index (κ3) is 4.66. The van der Waals surface area contributed by atoms with Crippen molar-refractivity contribution in [3.05, 3.63) is 59.9 Å². The predicted molar refractivity (Wildman–Crippen MR) is 108 cm³/mol. The SMILES string of the molecule is O=C(NC1CCCC1)c1cncc(N2CCN(Cc3ccccc3)CC2)c1. The number of benzene rings is 1. The molecule has 5 heteroatoms. The van der Waals surface area contributed by atoms with Crippen molar-refractivity contribution in [2.24, 2.45) is 0 Å². The topological polar surface area (TPSA) is 48.5 Å². The van der Waals surface area contributed by atoms with Crippen LogP contribution >= 0.6 is 0 Å². The standard InChI is InChI=1S/C22H28N4O/c27-22(24-20-8-4-5-9-20)19-14-21(16-23-15-19)26-12-10-25(11-13-26)17-18-6-2-1-3-7-18/h1-3,6-7,14-16,20H,4-5,8-13,17H2,(H,24,27). The van der Waals surface area contributed by atoms with Crippen molar-refractivity contribution >= 4 is 11.6 Å². The Morgan fingerprint density at radius 3 is 2.52 bits per heavy atom. The van der Waals surface area contributed by atoms with E-state index in [0.717, 1.165) is 51.3 Å². The van der Waals surface area contributed by atoms with Crippen LogP contribution in [0.3, 0.4) is 0 Å². The Labute approximate surface area is 161 Å². The number of carbonyl (C=O) groups excluding carboxylic acids is 1. The van der Waals surface area contributed by atoms with E-state index >= 15 is 0 Å². The molecular formula is C22H28N4O. The molecule has 0 atom stereocenters. The van der Waals surface area contributed by atoms with E-state index in [1.165, 1.54) is 18.4 Å². The van der Waals surface area contributed by atoms with Gasteiger partial charge in [0.2, 0.25) is 0 Å². The highest BCUT2D eigenvalue weighted by Gasteiger charge is 2.21. The number of amides is 1. The van der Waals surface area contributed by atoms with Crippen LogP contribution in [0, 0.1) is 0 Å². The van der Waals surface area contributed by atoms with Gasteiger partial charge in [-0.05, 0) is 24.5 Å². The molecule has 1 N–H and O–H groups in total. The molecule has 1 saturated carbocycles. The number of hydrogen-bond acceptors (Lipinski definition) is 4. The van der Waals surface area contributed by atoms with Crippen molar-refractivity contribution in [1.82, 2.24) is 15.2 Å². The Morgan fingerprint density at radius 2 is 1.78 bits per heavy atom. The van der Waals surface area contributed by atoms with Crippen LogP contribution in [0.4, 0.5) is 5.69 Å². The molecule has 0 unspecified atom stereocenters. The highest BCUT2D eigenvalue weighted by molar-refractivity contribution is 5.95. The highest BCUT2D eigenvalue weighted by atomic mass is 16.1. The van der Waals surface area contributed by atoms with Crippen molar-refractivity contribution in [2.45, 2.75) is 38.3 Å². The number of nitrogens with one attached hydrogen (secondary N) is 1. The van der Waals surface area contributed by atoms with Crippen LogP contribution in [-0.4, -0.2) is 48.0 Å². The van der Waals surface area contributed by atoms with Crippen molar-refractivity contribution in [2.75, 3.05) is 31.1 Å². The van der Waals surface area contributed by atoms with Crippen molar-refractivity contribution in [1.29, 1.82) is 0 Å². The van der Waals surface area contributed by atoms with Gasteiger partial charge in [0, 0.05) is 45.0 Å². The number of nitrogens with zero attached hydrogens (tertiary/aromatic N) is 3. The number of piperazine rings is 1. The Hall–Kier alpha value is -2.40. The van der Waals surface area contributed by atoms with Crippen molar-refractivity contribution < 1.29 is 4.79 Å². The smallest absolute Gasteiger partial charge is 0.253 e. The van der Waals surface area contributed by atoms with E-state index < -0.39 is 0 Å². The lowest BCUT2D eigenvalue weighted by Crippen LogP contribution is -2.46. The van der Waals surface area contributed by atoms with Gasteiger partial charge in [0.15, 0.2) is 0 Å². The monoisotopic (exact) mass is 364 g/mol. The van der Waals surface area contributed by atoms with Crippen LogP contribution in [0.1, 0.15) is 41.6 Å². The fraction of sp³-hybridized carbons (Fsp3) is 0.455. The van der Waals surface area contributed by atoms with E-state index in [0.29, 0.717) is 11.6 Å². The lowest BCUT2D eigenvalue weighted by Gasteiger charge is -2.36. The Balaban J connectivity index is 1.33. The zero-order valence-electron chi connectivity index (χ0n) is 15.8. The molecule has 0 bridgehead atoms. The summed E-state index contributed by atoms with van der Waals surface area (Å²) in [6.45, 7) is 4.96. The summed E-state index contributed by atoms with van der Waals surface area (Å²) in [4.78, 5) is 21.7. The average Bonchev–Trinajstić information content (AvgIpc) is 3.22. The van der Waals surface area contributed by atoms with Crippen molar-refractivity contribution in [3.8, 4) is 0 Å². The molecule has 27 heavy (non-hydrogen) atoms. The summed E-state index contributed by atoms with van der Waals surface area (Å²) >= 11 is 0. The van der Waals surface area contributed by atoms with E-state index in [4.69, 9.17) is 0 Å². The Kier molecular flexibility index (Phi) is 5.68. The zero-order valence-corrected chi connectivity index (χ0v) is 15.8. The van der Waals surface area contributed by atoms with Gasteiger partial charge in [-0.25, -0.2) is 0 Å². The molecule has 1 aromatic heterocycles. The van der Waals surface area contributed by atoms with E-state index in [9.17, 15) is 4.79 Å². The van der Waals surface area contributed by atoms with Crippen LogP contribution in [-0.2, 0) is 6.54 Å². The number of hydrogen-bond donors (Lipinski definition) is 1. The number of rotatable bonds is 5. The van der Waals surface area contributed by atoms with Gasteiger partial charge in [-0.15, -0.1) is 0 Å². The van der Waals surface area contributed by atoms with Gasteiger partial charge in [0.1, 0.15) is 0 Å². The molecular weight excluding hydrogens is 336 g/mol. The number of carbonyl (C=O) groups is 1. The summed E-state index contributed by atoms with van der Waals surface area (Å²) < 4.78 is 0. The maximum Gasteiger partial charge on any atom is 0.253 e. The molecule has 2 aromatic rings. The number of aromatic nitrogens is 1. The fourth-order valence-electron chi connectivity index (χ4n) is 4.07. The molecule has 2 fully saturated rings. The predicted octanol–water partition coefficient (Wildman–Crippen LogP) is 3.08. The van der Waals surface area contributed by atoms with Gasteiger partial charge in [0.05, 0.1) is 17.4 Å². The maximum absolute atomic E-state index is 12.5. The Bertz CT molecular complexity index is 750. The van der Waals surface area contributed by atoms with E-state index in [1.807, 2.05) is 12.3 Å². The first-order chi connectivity index (χ1) is 13.3. The molecule has 2 heterocycles. The lowest BCUT2D eigenvalue weighted by molar-refractivity contribution is 0.0937. The first-order valence-electron chi connectivity index (χ1n) is 10.0. The molecule has 2 aliphatic rings. The largest absolute Gasteiger partial charge is 0.368 e. The van der Waals surface area contributed by atoms with Gasteiger partial charge >= 0.3 is 0 Å². The second kappa shape index (κ2) is 8.53. The third-order valence-corrected chi connectivity index (χ3v) is 5.66.